The quantitative estimate of drug-likeness (QED) is 0.873. The highest BCUT2D eigenvalue weighted by atomic mass is 79.9. The molecule has 1 saturated carbocycles. The molecule has 1 fully saturated rings. The fraction of sp³-hybridized carbons (Fsp3) is 0.438. The lowest BCUT2D eigenvalue weighted by atomic mass is 10.1. The molecule has 4 heteroatoms. The van der Waals surface area contributed by atoms with Crippen molar-refractivity contribution in [2.24, 2.45) is 0 Å². The number of benzene rings is 1. The second-order valence-electron chi connectivity index (χ2n) is 5.36. The molecule has 0 unspecified atom stereocenters. The van der Waals surface area contributed by atoms with E-state index in [0.717, 1.165) is 24.1 Å². The molecule has 1 heterocycles. The van der Waals surface area contributed by atoms with Gasteiger partial charge < -0.3 is 5.32 Å². The van der Waals surface area contributed by atoms with Crippen molar-refractivity contribution in [2.75, 3.05) is 6.54 Å². The van der Waals surface area contributed by atoms with E-state index in [1.54, 1.807) is 0 Å². The topological polar surface area (TPSA) is 29.9 Å². The number of halogens is 1. The second kappa shape index (κ2) is 6.10. The van der Waals surface area contributed by atoms with Crippen molar-refractivity contribution in [3.63, 3.8) is 0 Å². The molecule has 1 aromatic heterocycles. The summed E-state index contributed by atoms with van der Waals surface area (Å²) in [6.45, 7) is 4.92. The smallest absolute Gasteiger partial charge is 0.0673 e. The van der Waals surface area contributed by atoms with E-state index in [-0.39, 0.29) is 0 Å². The molecule has 0 atom stereocenters. The van der Waals surface area contributed by atoms with E-state index in [4.69, 9.17) is 0 Å². The molecule has 1 aromatic carbocycles. The normalized spacial score (nSPS) is 14.7. The van der Waals surface area contributed by atoms with Gasteiger partial charge >= 0.3 is 0 Å². The van der Waals surface area contributed by atoms with Crippen LogP contribution >= 0.6 is 15.9 Å². The first kappa shape index (κ1) is 13.8. The van der Waals surface area contributed by atoms with Crippen molar-refractivity contribution in [1.29, 1.82) is 0 Å². The molecule has 1 aliphatic rings. The average Bonchev–Trinajstić information content (AvgIpc) is 3.21. The SMILES string of the molecule is CCNCc1cnn(Cc2ccccc2Br)c1C1CC1. The van der Waals surface area contributed by atoms with Gasteiger partial charge in [0.15, 0.2) is 0 Å². The van der Waals surface area contributed by atoms with Crippen LogP contribution in [0, 0.1) is 0 Å². The maximum atomic E-state index is 4.62. The van der Waals surface area contributed by atoms with Crippen molar-refractivity contribution in [3.05, 3.63) is 51.8 Å². The van der Waals surface area contributed by atoms with Crippen LogP contribution in [0.5, 0.6) is 0 Å². The zero-order valence-electron chi connectivity index (χ0n) is 11.8. The van der Waals surface area contributed by atoms with Gasteiger partial charge in [0.25, 0.3) is 0 Å². The Morgan fingerprint density at radius 1 is 1.30 bits per heavy atom. The summed E-state index contributed by atoms with van der Waals surface area (Å²) in [6, 6.07) is 8.39. The molecule has 3 nitrogen and oxygen atoms in total. The summed E-state index contributed by atoms with van der Waals surface area (Å²) in [4.78, 5) is 0. The van der Waals surface area contributed by atoms with Crippen LogP contribution in [0.15, 0.2) is 34.9 Å². The fourth-order valence-electron chi connectivity index (χ4n) is 2.57. The van der Waals surface area contributed by atoms with Crippen LogP contribution in [0.25, 0.3) is 0 Å². The Morgan fingerprint density at radius 3 is 2.80 bits per heavy atom. The Balaban J connectivity index is 1.86. The molecule has 20 heavy (non-hydrogen) atoms. The summed E-state index contributed by atoms with van der Waals surface area (Å²) in [7, 11) is 0. The highest BCUT2D eigenvalue weighted by molar-refractivity contribution is 9.10. The first-order valence-corrected chi connectivity index (χ1v) is 8.07. The molecular formula is C16H20BrN3. The van der Waals surface area contributed by atoms with Crippen molar-refractivity contribution in [2.45, 2.75) is 38.8 Å². The van der Waals surface area contributed by atoms with Crippen molar-refractivity contribution < 1.29 is 0 Å². The average molecular weight is 334 g/mol. The van der Waals surface area contributed by atoms with Gasteiger partial charge in [-0.15, -0.1) is 0 Å². The molecule has 106 valence electrons. The van der Waals surface area contributed by atoms with Crippen LogP contribution in [-0.4, -0.2) is 16.3 Å². The zero-order chi connectivity index (χ0) is 13.9. The molecule has 0 spiro atoms. The summed E-state index contributed by atoms with van der Waals surface area (Å²) in [5.41, 5.74) is 4.08. The second-order valence-corrected chi connectivity index (χ2v) is 6.21. The predicted molar refractivity (Wildman–Crippen MR) is 84.8 cm³/mol. The summed E-state index contributed by atoms with van der Waals surface area (Å²) in [6.07, 6.45) is 4.65. The number of nitrogens with one attached hydrogen (secondary N) is 1. The number of nitrogens with zero attached hydrogens (tertiary/aromatic N) is 2. The lowest BCUT2D eigenvalue weighted by Gasteiger charge is -2.10. The van der Waals surface area contributed by atoms with Gasteiger partial charge in [0.2, 0.25) is 0 Å². The third-order valence-electron chi connectivity index (χ3n) is 3.77. The standard InChI is InChI=1S/C16H20BrN3/c1-2-18-9-14-10-19-20(16(14)12-7-8-12)11-13-5-3-4-6-15(13)17/h3-6,10,12,18H,2,7-9,11H2,1H3. The minimum atomic E-state index is 0.716. The predicted octanol–water partition coefficient (Wildman–Crippen LogP) is 3.68. The van der Waals surface area contributed by atoms with Gasteiger partial charge in [0.1, 0.15) is 0 Å². The molecule has 0 aliphatic heterocycles. The highest BCUT2D eigenvalue weighted by Gasteiger charge is 2.30. The van der Waals surface area contributed by atoms with Crippen LogP contribution in [0.1, 0.15) is 42.5 Å². The largest absolute Gasteiger partial charge is 0.313 e. The maximum absolute atomic E-state index is 4.62. The van der Waals surface area contributed by atoms with E-state index in [0.29, 0.717) is 5.92 Å². The monoisotopic (exact) mass is 333 g/mol. The molecule has 0 radical (unpaired) electrons. The van der Waals surface area contributed by atoms with Gasteiger partial charge in [-0.3, -0.25) is 4.68 Å². The van der Waals surface area contributed by atoms with E-state index >= 15 is 0 Å². The molecule has 2 aromatic rings. The molecule has 0 saturated heterocycles. The summed E-state index contributed by atoms with van der Waals surface area (Å²) >= 11 is 3.63. The van der Waals surface area contributed by atoms with Gasteiger partial charge in [-0.05, 0) is 31.0 Å². The van der Waals surface area contributed by atoms with Gasteiger partial charge in [-0.2, -0.15) is 5.10 Å². The Labute approximate surface area is 128 Å². The summed E-state index contributed by atoms with van der Waals surface area (Å²) < 4.78 is 3.34. The molecule has 1 aliphatic carbocycles. The van der Waals surface area contributed by atoms with Gasteiger partial charge in [0, 0.05) is 28.2 Å². The van der Waals surface area contributed by atoms with Crippen LogP contribution in [-0.2, 0) is 13.1 Å². The molecular weight excluding hydrogens is 314 g/mol. The summed E-state index contributed by atoms with van der Waals surface area (Å²) in [5, 5.41) is 8.04. The maximum Gasteiger partial charge on any atom is 0.0673 e. The van der Waals surface area contributed by atoms with Gasteiger partial charge in [-0.25, -0.2) is 0 Å². The number of rotatable bonds is 6. The third kappa shape index (κ3) is 2.96. The minimum absolute atomic E-state index is 0.716. The Morgan fingerprint density at radius 2 is 2.10 bits per heavy atom. The van der Waals surface area contributed by atoms with Crippen LogP contribution in [0.2, 0.25) is 0 Å². The number of hydrogen-bond donors (Lipinski definition) is 1. The van der Waals surface area contributed by atoms with Crippen molar-refractivity contribution in [1.82, 2.24) is 15.1 Å². The van der Waals surface area contributed by atoms with E-state index in [1.165, 1.54) is 29.7 Å². The fourth-order valence-corrected chi connectivity index (χ4v) is 2.98. The molecule has 0 amide bonds. The van der Waals surface area contributed by atoms with E-state index in [9.17, 15) is 0 Å². The minimum Gasteiger partial charge on any atom is -0.313 e. The number of hydrogen-bond acceptors (Lipinski definition) is 2. The van der Waals surface area contributed by atoms with Crippen LogP contribution < -0.4 is 5.32 Å². The lowest BCUT2D eigenvalue weighted by molar-refractivity contribution is 0.637. The highest BCUT2D eigenvalue weighted by Crippen LogP contribution is 2.42. The first-order valence-electron chi connectivity index (χ1n) is 7.28. The Kier molecular flexibility index (Phi) is 4.22. The van der Waals surface area contributed by atoms with Gasteiger partial charge in [-0.1, -0.05) is 41.1 Å². The first-order chi connectivity index (χ1) is 9.79. The lowest BCUT2D eigenvalue weighted by Crippen LogP contribution is -2.14. The number of aromatic nitrogens is 2. The van der Waals surface area contributed by atoms with E-state index in [1.807, 2.05) is 6.20 Å². The molecule has 3 rings (SSSR count). The van der Waals surface area contributed by atoms with Crippen LogP contribution in [0.3, 0.4) is 0 Å². The van der Waals surface area contributed by atoms with Gasteiger partial charge in [0.05, 0.1) is 12.7 Å². The third-order valence-corrected chi connectivity index (χ3v) is 4.54. The van der Waals surface area contributed by atoms with Crippen molar-refractivity contribution >= 4 is 15.9 Å². The molecule has 1 N–H and O–H groups in total. The van der Waals surface area contributed by atoms with Crippen LogP contribution in [0.4, 0.5) is 0 Å². The summed E-state index contributed by atoms with van der Waals surface area (Å²) in [5.74, 6) is 0.716. The zero-order valence-corrected chi connectivity index (χ0v) is 13.4. The van der Waals surface area contributed by atoms with E-state index in [2.05, 4.69) is 62.2 Å². The van der Waals surface area contributed by atoms with Crippen molar-refractivity contribution in [3.8, 4) is 0 Å². The molecule has 0 bridgehead atoms. The van der Waals surface area contributed by atoms with E-state index < -0.39 is 0 Å². The Bertz CT molecular complexity index is 587. The Hall–Kier alpha value is -1.13.